The number of rotatable bonds is 60. The van der Waals surface area contributed by atoms with Crippen molar-refractivity contribution in [1.29, 1.82) is 0 Å². The summed E-state index contributed by atoms with van der Waals surface area (Å²) in [6, 6.07) is -2.07. The number of benzene rings is 1. The van der Waals surface area contributed by atoms with Crippen molar-refractivity contribution in [3.8, 4) is 0 Å². The summed E-state index contributed by atoms with van der Waals surface area (Å²) in [7, 11) is 0. The number of thioether (sulfide) groups is 1. The minimum atomic E-state index is -1.81. The van der Waals surface area contributed by atoms with E-state index < -0.39 is 226 Å². The molecule has 2 rings (SSSR count). The maximum atomic E-state index is 14.5. The largest absolute Gasteiger partial charge is 0.481 e. The molecule has 1 fully saturated rings. The number of Topliss-reactive ketones (excluding diaryl/α,β-unsaturated/α-hetero) is 7. The molecule has 0 aliphatic carbocycles. The van der Waals surface area contributed by atoms with E-state index in [9.17, 15) is 112 Å². The summed E-state index contributed by atoms with van der Waals surface area (Å²) in [4.78, 5) is 238. The van der Waals surface area contributed by atoms with E-state index in [-0.39, 0.29) is 93.4 Å². The Morgan fingerprint density at radius 1 is 0.486 bits per heavy atom. The van der Waals surface area contributed by atoms with Crippen LogP contribution in [0.4, 0.5) is 0 Å². The monoisotopic (exact) mass is 1530 g/mol. The molecular weight excluding hydrogens is 1420 g/mol. The number of unbranched alkanes of at least 4 members (excludes halogenated alkanes) is 1. The third kappa shape index (κ3) is 39.1. The number of carbonyl (C=O) groups excluding carboxylic acids is 13. The van der Waals surface area contributed by atoms with Crippen molar-refractivity contribution >= 4 is 118 Å². The first-order valence-electron chi connectivity index (χ1n) is 36.6. The number of carboxylic acid groups (broad SMARTS) is 5. The van der Waals surface area contributed by atoms with Gasteiger partial charge in [-0.3, -0.25) is 91.2 Å². The Morgan fingerprint density at radius 2 is 0.944 bits per heavy atom. The van der Waals surface area contributed by atoms with E-state index in [1.807, 2.05) is 38.9 Å². The van der Waals surface area contributed by atoms with Crippen LogP contribution in [0.15, 0.2) is 24.3 Å². The van der Waals surface area contributed by atoms with Gasteiger partial charge in [-0.05, 0) is 127 Å². The lowest BCUT2D eigenvalue weighted by Crippen LogP contribution is -2.50. The van der Waals surface area contributed by atoms with Crippen molar-refractivity contribution in [2.75, 3.05) is 44.9 Å². The Hall–Kier alpha value is -8.69. The Kier molecular flexibility index (Phi) is 44.8. The average molecular weight is 1530 g/mol. The summed E-state index contributed by atoms with van der Waals surface area (Å²) in [6.07, 6.45) is -5.13. The molecule has 0 saturated carbocycles. The van der Waals surface area contributed by atoms with Crippen LogP contribution in [0.2, 0.25) is 0 Å². The van der Waals surface area contributed by atoms with E-state index >= 15 is 0 Å². The fourth-order valence-electron chi connectivity index (χ4n) is 12.3. The predicted molar refractivity (Wildman–Crippen MR) is 390 cm³/mol. The number of likely N-dealkylation sites (tertiary alicyclic amines) is 1. The van der Waals surface area contributed by atoms with Gasteiger partial charge in [-0.15, -0.1) is 0 Å². The highest BCUT2D eigenvalue weighted by atomic mass is 32.2. The number of carbonyl (C=O) groups is 18. The van der Waals surface area contributed by atoms with Crippen molar-refractivity contribution in [3.05, 3.63) is 35.4 Å². The number of nitrogens with one attached hydrogen (secondary N) is 6. The number of nitrogens with two attached hydrogens (primary N) is 1. The van der Waals surface area contributed by atoms with Crippen molar-refractivity contribution < 1.29 is 117 Å². The Bertz CT molecular complexity index is 3220. The quantitative estimate of drug-likeness (QED) is 0.0326. The minimum absolute atomic E-state index is 0.0120. The lowest BCUT2D eigenvalue weighted by Gasteiger charge is -2.27. The highest BCUT2D eigenvalue weighted by molar-refractivity contribution is 7.98. The molecule has 1 saturated heterocycles. The van der Waals surface area contributed by atoms with E-state index in [1.54, 1.807) is 12.1 Å². The van der Waals surface area contributed by atoms with Crippen LogP contribution in [0.25, 0.3) is 0 Å². The number of ether oxygens (including phenoxy) is 1. The molecule has 1 heterocycles. The van der Waals surface area contributed by atoms with Gasteiger partial charge in [0.25, 0.3) is 0 Å². The normalized spacial score (nSPS) is 15.4. The van der Waals surface area contributed by atoms with Gasteiger partial charge in [0.05, 0.1) is 48.9 Å². The molecule has 6 amide bonds. The van der Waals surface area contributed by atoms with E-state index in [0.29, 0.717) is 68.5 Å². The third-order valence-corrected chi connectivity index (χ3v) is 18.7. The second kappa shape index (κ2) is 50.8. The zero-order valence-electron chi connectivity index (χ0n) is 62.6. The van der Waals surface area contributed by atoms with Crippen LogP contribution < -0.4 is 37.6 Å². The van der Waals surface area contributed by atoms with Crippen LogP contribution in [0.3, 0.4) is 0 Å². The molecule has 1 aromatic carbocycles. The van der Waals surface area contributed by atoms with Crippen LogP contribution in [-0.4, -0.2) is 223 Å². The number of ketones is 7. The predicted octanol–water partition coefficient (Wildman–Crippen LogP) is 3.74. The van der Waals surface area contributed by atoms with E-state index in [1.165, 1.54) is 30.8 Å². The molecule has 13 N–H and O–H groups in total. The molecule has 1 aromatic rings. The molecule has 0 aromatic heterocycles. The zero-order valence-corrected chi connectivity index (χ0v) is 63.4. The van der Waals surface area contributed by atoms with Crippen molar-refractivity contribution in [2.24, 2.45) is 35.3 Å². The van der Waals surface area contributed by atoms with E-state index in [2.05, 4.69) is 31.9 Å². The number of carboxylic acids is 5. The molecule has 0 spiro atoms. The van der Waals surface area contributed by atoms with Gasteiger partial charge in [0.15, 0.2) is 40.5 Å². The van der Waals surface area contributed by atoms with Gasteiger partial charge in [-0.2, -0.15) is 11.8 Å². The number of hydrogen-bond acceptors (Lipinski definition) is 22. The van der Waals surface area contributed by atoms with Gasteiger partial charge in [0.1, 0.15) is 0 Å². The fraction of sp³-hybridized carbons (Fsp3) is 0.676. The molecule has 1 aliphatic rings. The first kappa shape index (κ1) is 94.4. The Morgan fingerprint density at radius 3 is 1.38 bits per heavy atom. The van der Waals surface area contributed by atoms with Crippen LogP contribution in [-0.2, 0) is 92.7 Å². The topological polar surface area (TPSA) is 519 Å². The zero-order chi connectivity index (χ0) is 80.5. The molecule has 32 nitrogen and oxygen atoms in total. The lowest BCUT2D eigenvalue weighted by molar-refractivity contribution is -0.141. The maximum absolute atomic E-state index is 14.5. The molecule has 33 heteroatoms. The second-order valence-electron chi connectivity index (χ2n) is 28.1. The molecule has 1 aliphatic heterocycles. The Labute approximate surface area is 628 Å². The van der Waals surface area contributed by atoms with Crippen molar-refractivity contribution in [2.45, 2.75) is 244 Å². The van der Waals surface area contributed by atoms with Gasteiger partial charge in [-0.1, -0.05) is 52.0 Å². The molecule has 0 bridgehead atoms. The lowest BCUT2D eigenvalue weighted by atomic mass is 9.88. The third-order valence-electron chi connectivity index (χ3n) is 18.1. The highest BCUT2D eigenvalue weighted by Crippen LogP contribution is 2.24. The number of hydrogen-bond donors (Lipinski definition) is 12. The van der Waals surface area contributed by atoms with Crippen molar-refractivity contribution in [3.63, 3.8) is 0 Å². The van der Waals surface area contributed by atoms with Gasteiger partial charge >= 0.3 is 29.8 Å². The van der Waals surface area contributed by atoms with Crippen LogP contribution in [0, 0.1) is 29.6 Å². The number of aliphatic carboxylic acids is 5. The summed E-state index contributed by atoms with van der Waals surface area (Å²) in [5, 5.41) is 64.0. The summed E-state index contributed by atoms with van der Waals surface area (Å²) >= 11 is 1.42. The molecule has 598 valence electrons. The Balaban J connectivity index is 2.39. The molecular formula is C74H112N8O24S. The summed E-state index contributed by atoms with van der Waals surface area (Å²) in [5.41, 5.74) is 6.40. The first-order chi connectivity index (χ1) is 50.4. The standard InChI is InChI=1S/C74H112N8O24S/c1-43(2)36-55(60(86)24-25-65(91)77-57(42-107-7)61(87)37-44(3)4)81-74(105)58-13-10-32-82(58)33-35-106-34-11-14-59(85)56(38-47-15-17-48(18-16-47)45(5)83)80-73(104)51(21-28-68(96)97)41-64(90)54(23-30-70(100)101)79-72(103)50(20-27-67(94)95)40-63(89)53(22-29-69(98)99)78-71(102)49(19-26-66(92)93)39-62(88)52(76-46(6)84)12-8-9-31-75/h15-18,43-44,49-58H,8-14,19-42,75H2,1-7H3,(H,76,84)(H,77,91)(H,78,102)(H,79,103)(H,80,104)(H,81,105)(H,92,93)(H,94,95)(H,96,97)(H,98,99)(H,100,101)/t49-,50-,51-,52+,53+,54+,55-,56-,57-,58-/m0/s1. The fourth-order valence-corrected chi connectivity index (χ4v) is 12.9. The minimum Gasteiger partial charge on any atom is -0.481 e. The van der Waals surface area contributed by atoms with Crippen LogP contribution in [0.5, 0.6) is 0 Å². The molecule has 0 unspecified atom stereocenters. The van der Waals surface area contributed by atoms with Gasteiger partial charge in [-0.25, -0.2) is 0 Å². The molecule has 107 heavy (non-hydrogen) atoms. The van der Waals surface area contributed by atoms with Crippen LogP contribution in [0.1, 0.15) is 212 Å². The van der Waals surface area contributed by atoms with E-state index in [4.69, 9.17) is 10.5 Å². The first-order valence-corrected chi connectivity index (χ1v) is 38.0. The van der Waals surface area contributed by atoms with Crippen molar-refractivity contribution in [1.82, 2.24) is 36.8 Å². The smallest absolute Gasteiger partial charge is 0.303 e. The highest BCUT2D eigenvalue weighted by Gasteiger charge is 2.38. The number of nitrogens with zero attached hydrogens (tertiary/aromatic N) is 1. The number of amides is 6. The average Bonchev–Trinajstić information content (AvgIpc) is 1.75. The summed E-state index contributed by atoms with van der Waals surface area (Å²) < 4.78 is 5.94. The second-order valence-corrected chi connectivity index (χ2v) is 29.0. The van der Waals surface area contributed by atoms with Gasteiger partial charge in [0, 0.05) is 126 Å². The molecule has 10 atom stereocenters. The summed E-state index contributed by atoms with van der Waals surface area (Å²) in [6.45, 7) is 11.4. The maximum Gasteiger partial charge on any atom is 0.303 e. The SMILES string of the molecule is CSC[C@H](NC(=O)CCC(=O)[C@H](CC(C)C)NC(=O)[C@@H]1CCCN1CCOCCCC(=O)[C@H](Cc1ccc(C(C)=O)cc1)NC(=O)[C@@H](CCC(=O)O)CC(=O)[C@@H](CCC(=O)O)NC(=O)[C@@H](CCC(=O)O)CC(=O)[C@@H](CCC(=O)O)NC(=O)[C@@H](CCC(=O)O)CC(=O)[C@@H](CCCCN)NC(C)=O)C(=O)CC(C)C. The molecule has 0 radical (unpaired) electrons. The van der Waals surface area contributed by atoms with Gasteiger partial charge in [0.2, 0.25) is 35.4 Å². The summed E-state index contributed by atoms with van der Waals surface area (Å²) in [5.74, 6) is -20.0. The van der Waals surface area contributed by atoms with Gasteiger partial charge < -0.3 is 67.9 Å². The van der Waals surface area contributed by atoms with Crippen LogP contribution >= 0.6 is 11.8 Å². The van der Waals surface area contributed by atoms with E-state index in [0.717, 1.165) is 6.92 Å².